The van der Waals surface area contributed by atoms with E-state index in [-0.39, 0.29) is 17.1 Å². The van der Waals surface area contributed by atoms with Crippen LogP contribution in [-0.2, 0) is 0 Å². The molecule has 0 aliphatic heterocycles. The first kappa shape index (κ1) is 17.8. The average Bonchev–Trinajstić information content (AvgIpc) is 2.67. The molecule has 1 fully saturated rings. The second kappa shape index (κ2) is 7.58. The predicted molar refractivity (Wildman–Crippen MR) is 98.7 cm³/mol. The van der Waals surface area contributed by atoms with Crippen LogP contribution in [0.5, 0.6) is 6.01 Å². The van der Waals surface area contributed by atoms with Crippen molar-refractivity contribution in [3.63, 3.8) is 0 Å². The van der Waals surface area contributed by atoms with Crippen LogP contribution < -0.4 is 10.1 Å². The summed E-state index contributed by atoms with van der Waals surface area (Å²) in [7, 11) is 0. The van der Waals surface area contributed by atoms with E-state index in [0.717, 1.165) is 19.3 Å². The summed E-state index contributed by atoms with van der Waals surface area (Å²) in [5.74, 6) is -0.0852. The van der Waals surface area contributed by atoms with E-state index < -0.39 is 11.9 Å². The SMILES string of the molecule is OC1CCCCC1Oc1ncc2ncnc(Nc3ccc(F)c(Cl)c3)c2n1. The van der Waals surface area contributed by atoms with Crippen LogP contribution in [0.1, 0.15) is 25.7 Å². The normalized spacial score (nSPS) is 19.8. The summed E-state index contributed by atoms with van der Waals surface area (Å²) in [4.78, 5) is 16.9. The number of fused-ring (bicyclic) bond motifs is 1. The molecule has 0 radical (unpaired) electrons. The molecule has 140 valence electrons. The van der Waals surface area contributed by atoms with Gasteiger partial charge in [-0.2, -0.15) is 4.98 Å². The Bertz CT molecular complexity index is 974. The number of hydrogen-bond acceptors (Lipinski definition) is 7. The van der Waals surface area contributed by atoms with Gasteiger partial charge >= 0.3 is 6.01 Å². The molecular formula is C18H17ClFN5O2. The van der Waals surface area contributed by atoms with Gasteiger partial charge in [0.2, 0.25) is 0 Å². The van der Waals surface area contributed by atoms with Crippen LogP contribution in [0, 0.1) is 5.82 Å². The Hall–Kier alpha value is -2.58. The Balaban J connectivity index is 1.63. The Morgan fingerprint density at radius 2 is 2.04 bits per heavy atom. The van der Waals surface area contributed by atoms with Gasteiger partial charge < -0.3 is 15.2 Å². The van der Waals surface area contributed by atoms with Gasteiger partial charge in [0.05, 0.1) is 17.3 Å². The van der Waals surface area contributed by atoms with Crippen molar-refractivity contribution in [1.29, 1.82) is 0 Å². The Morgan fingerprint density at radius 1 is 1.19 bits per heavy atom. The molecule has 1 saturated carbocycles. The lowest BCUT2D eigenvalue weighted by molar-refractivity contribution is 0.00212. The number of aliphatic hydroxyl groups excluding tert-OH is 1. The molecule has 0 spiro atoms. The number of nitrogens with one attached hydrogen (secondary N) is 1. The van der Waals surface area contributed by atoms with E-state index in [9.17, 15) is 9.50 Å². The third kappa shape index (κ3) is 3.91. The van der Waals surface area contributed by atoms with Crippen molar-refractivity contribution in [2.45, 2.75) is 37.9 Å². The standard InChI is InChI=1S/C18H17ClFN5O2/c19-11-7-10(5-6-12(11)20)24-17-16-13(22-9-23-17)8-21-18(25-16)27-15-4-2-1-3-14(15)26/h5-9,14-15,26H,1-4H2,(H,22,23,24). The highest BCUT2D eigenvalue weighted by Crippen LogP contribution is 2.27. The zero-order valence-electron chi connectivity index (χ0n) is 14.3. The van der Waals surface area contributed by atoms with Gasteiger partial charge in [-0.25, -0.2) is 19.3 Å². The van der Waals surface area contributed by atoms with Gasteiger partial charge in [0.15, 0.2) is 5.82 Å². The lowest BCUT2D eigenvalue weighted by Gasteiger charge is -2.27. The van der Waals surface area contributed by atoms with Gasteiger partial charge in [-0.1, -0.05) is 18.0 Å². The van der Waals surface area contributed by atoms with Crippen molar-refractivity contribution in [1.82, 2.24) is 19.9 Å². The molecule has 27 heavy (non-hydrogen) atoms. The number of aromatic nitrogens is 4. The van der Waals surface area contributed by atoms with E-state index >= 15 is 0 Å². The van der Waals surface area contributed by atoms with Crippen LogP contribution >= 0.6 is 11.6 Å². The van der Waals surface area contributed by atoms with Gasteiger partial charge in [0.1, 0.15) is 29.3 Å². The van der Waals surface area contributed by atoms with Crippen LogP contribution in [0.3, 0.4) is 0 Å². The lowest BCUT2D eigenvalue weighted by Crippen LogP contribution is -2.35. The molecular weight excluding hydrogens is 373 g/mol. The summed E-state index contributed by atoms with van der Waals surface area (Å²) in [5, 5.41) is 13.1. The minimum absolute atomic E-state index is 0.00305. The topological polar surface area (TPSA) is 93.0 Å². The maximum atomic E-state index is 13.4. The molecule has 0 amide bonds. The molecule has 2 N–H and O–H groups in total. The summed E-state index contributed by atoms with van der Waals surface area (Å²) < 4.78 is 19.1. The van der Waals surface area contributed by atoms with Crippen molar-refractivity contribution in [3.05, 3.63) is 41.6 Å². The smallest absolute Gasteiger partial charge is 0.317 e. The molecule has 2 atom stereocenters. The summed E-state index contributed by atoms with van der Waals surface area (Å²) in [6, 6.07) is 4.43. The van der Waals surface area contributed by atoms with Crippen LogP contribution in [-0.4, -0.2) is 37.3 Å². The third-order valence-electron chi connectivity index (χ3n) is 4.46. The summed E-state index contributed by atoms with van der Waals surface area (Å²) in [6.07, 6.45) is 5.52. The van der Waals surface area contributed by atoms with Gasteiger partial charge in [0, 0.05) is 5.69 Å². The molecule has 4 rings (SSSR count). The molecule has 9 heteroatoms. The highest BCUT2D eigenvalue weighted by atomic mass is 35.5. The van der Waals surface area contributed by atoms with E-state index in [1.165, 1.54) is 24.7 Å². The zero-order chi connectivity index (χ0) is 18.8. The van der Waals surface area contributed by atoms with Gasteiger partial charge in [-0.3, -0.25) is 0 Å². The summed E-state index contributed by atoms with van der Waals surface area (Å²) >= 11 is 5.83. The number of aliphatic hydroxyl groups is 1. The first-order valence-electron chi connectivity index (χ1n) is 8.65. The first-order chi connectivity index (χ1) is 13.1. The highest BCUT2D eigenvalue weighted by Gasteiger charge is 2.25. The predicted octanol–water partition coefficient (Wildman–Crippen LogP) is 3.64. The number of benzene rings is 1. The Kier molecular flexibility index (Phi) is 5.00. The molecule has 2 aromatic heterocycles. The zero-order valence-corrected chi connectivity index (χ0v) is 15.0. The molecule has 1 aliphatic rings. The number of halogens is 2. The maximum absolute atomic E-state index is 13.4. The van der Waals surface area contributed by atoms with Crippen molar-refractivity contribution < 1.29 is 14.2 Å². The minimum Gasteiger partial charge on any atom is -0.457 e. The van der Waals surface area contributed by atoms with Crippen LogP contribution in [0.4, 0.5) is 15.9 Å². The van der Waals surface area contributed by atoms with E-state index in [1.54, 1.807) is 6.07 Å². The van der Waals surface area contributed by atoms with E-state index in [2.05, 4.69) is 25.3 Å². The summed E-state index contributed by atoms with van der Waals surface area (Å²) in [6.45, 7) is 0. The number of anilines is 2. The van der Waals surface area contributed by atoms with E-state index in [1.807, 2.05) is 0 Å². The largest absolute Gasteiger partial charge is 0.457 e. The van der Waals surface area contributed by atoms with Gasteiger partial charge in [-0.05, 0) is 37.5 Å². The minimum atomic E-state index is -0.524. The van der Waals surface area contributed by atoms with Crippen LogP contribution in [0.2, 0.25) is 5.02 Å². The van der Waals surface area contributed by atoms with E-state index in [4.69, 9.17) is 16.3 Å². The molecule has 2 heterocycles. The first-order valence-corrected chi connectivity index (χ1v) is 9.02. The van der Waals surface area contributed by atoms with Crippen molar-refractivity contribution in [2.75, 3.05) is 5.32 Å². The fourth-order valence-electron chi connectivity index (χ4n) is 3.05. The second-order valence-corrected chi connectivity index (χ2v) is 6.78. The summed E-state index contributed by atoms with van der Waals surface area (Å²) in [5.41, 5.74) is 1.54. The Labute approximate surface area is 159 Å². The van der Waals surface area contributed by atoms with Gasteiger partial charge in [-0.15, -0.1) is 0 Å². The van der Waals surface area contributed by atoms with Crippen molar-refractivity contribution >= 4 is 34.1 Å². The monoisotopic (exact) mass is 389 g/mol. The number of rotatable bonds is 4. The van der Waals surface area contributed by atoms with Crippen LogP contribution in [0.25, 0.3) is 11.0 Å². The number of ether oxygens (including phenoxy) is 1. The highest BCUT2D eigenvalue weighted by molar-refractivity contribution is 6.31. The number of nitrogens with zero attached hydrogens (tertiary/aromatic N) is 4. The molecule has 2 unspecified atom stereocenters. The fourth-order valence-corrected chi connectivity index (χ4v) is 3.23. The molecule has 3 aromatic rings. The average molecular weight is 390 g/mol. The van der Waals surface area contributed by atoms with Gasteiger partial charge in [0.25, 0.3) is 0 Å². The van der Waals surface area contributed by atoms with Crippen LogP contribution in [0.15, 0.2) is 30.7 Å². The van der Waals surface area contributed by atoms with Crippen molar-refractivity contribution in [3.8, 4) is 6.01 Å². The third-order valence-corrected chi connectivity index (χ3v) is 4.75. The molecule has 1 aromatic carbocycles. The molecule has 0 bridgehead atoms. The van der Waals surface area contributed by atoms with Crippen molar-refractivity contribution in [2.24, 2.45) is 0 Å². The fraction of sp³-hybridized carbons (Fsp3) is 0.333. The lowest BCUT2D eigenvalue weighted by atomic mass is 9.95. The molecule has 7 nitrogen and oxygen atoms in total. The quantitative estimate of drug-likeness (QED) is 0.703. The Morgan fingerprint density at radius 3 is 2.85 bits per heavy atom. The second-order valence-electron chi connectivity index (χ2n) is 6.37. The maximum Gasteiger partial charge on any atom is 0.317 e. The molecule has 1 aliphatic carbocycles. The molecule has 0 saturated heterocycles. The number of hydrogen-bond donors (Lipinski definition) is 2. The van der Waals surface area contributed by atoms with E-state index in [0.29, 0.717) is 29.0 Å².